The van der Waals surface area contributed by atoms with Crippen LogP contribution in [-0.2, 0) is 11.3 Å². The largest absolute Gasteiger partial charge is 0.374 e. The van der Waals surface area contributed by atoms with Gasteiger partial charge < -0.3 is 10.1 Å². The zero-order valence-corrected chi connectivity index (χ0v) is 11.1. The molecule has 0 amide bonds. The van der Waals surface area contributed by atoms with E-state index in [2.05, 4.69) is 10.2 Å². The number of benzene rings is 1. The monoisotopic (exact) mass is 270 g/mol. The van der Waals surface area contributed by atoms with Crippen molar-refractivity contribution in [1.29, 1.82) is 0 Å². The van der Waals surface area contributed by atoms with Gasteiger partial charge in [-0.1, -0.05) is 18.2 Å². The summed E-state index contributed by atoms with van der Waals surface area (Å²) in [7, 11) is 1.90. The van der Waals surface area contributed by atoms with Crippen molar-refractivity contribution in [2.45, 2.75) is 19.1 Å². The maximum absolute atomic E-state index is 12.6. The van der Waals surface area contributed by atoms with Crippen LogP contribution in [0.15, 0.2) is 24.3 Å². The first-order valence-electron chi connectivity index (χ1n) is 6.54. The summed E-state index contributed by atoms with van der Waals surface area (Å²) in [6, 6.07) is 6.65. The molecule has 1 saturated heterocycles. The molecule has 5 heteroatoms. The summed E-state index contributed by atoms with van der Waals surface area (Å²) in [5, 5.41) is 3.10. The third-order valence-electron chi connectivity index (χ3n) is 3.26. The summed E-state index contributed by atoms with van der Waals surface area (Å²) in [6.07, 6.45) is -2.22. The Kier molecular flexibility index (Phi) is 5.24. The molecule has 1 heterocycles. The fraction of sp³-hybridized carbons (Fsp3) is 0.571. The molecule has 1 unspecified atom stereocenters. The second-order valence-corrected chi connectivity index (χ2v) is 4.83. The fourth-order valence-electron chi connectivity index (χ4n) is 2.36. The molecule has 106 valence electrons. The van der Waals surface area contributed by atoms with Gasteiger partial charge in [-0.15, -0.1) is 0 Å². The maximum atomic E-state index is 12.6. The summed E-state index contributed by atoms with van der Waals surface area (Å²) in [6.45, 7) is 3.89. The van der Waals surface area contributed by atoms with Gasteiger partial charge in [0.25, 0.3) is 6.43 Å². The van der Waals surface area contributed by atoms with Gasteiger partial charge in [0.1, 0.15) is 0 Å². The summed E-state index contributed by atoms with van der Waals surface area (Å²) in [4.78, 5) is 2.25. The van der Waals surface area contributed by atoms with Crippen LogP contribution in [0.5, 0.6) is 0 Å². The first kappa shape index (κ1) is 14.4. The molecule has 2 rings (SSSR count). The van der Waals surface area contributed by atoms with Gasteiger partial charge >= 0.3 is 0 Å². The number of morpholine rings is 1. The van der Waals surface area contributed by atoms with Crippen LogP contribution in [0.3, 0.4) is 0 Å². The molecule has 3 nitrogen and oxygen atoms in total. The van der Waals surface area contributed by atoms with E-state index in [1.165, 1.54) is 6.07 Å². The summed E-state index contributed by atoms with van der Waals surface area (Å²) >= 11 is 0. The molecule has 1 aromatic rings. The highest BCUT2D eigenvalue weighted by molar-refractivity contribution is 5.24. The Balaban J connectivity index is 1.94. The van der Waals surface area contributed by atoms with Gasteiger partial charge in [0.05, 0.1) is 12.7 Å². The molecule has 0 saturated carbocycles. The predicted molar refractivity (Wildman–Crippen MR) is 70.3 cm³/mol. The van der Waals surface area contributed by atoms with Crippen LogP contribution in [0.25, 0.3) is 0 Å². The van der Waals surface area contributed by atoms with Crippen LogP contribution in [0.2, 0.25) is 0 Å². The minimum absolute atomic E-state index is 0.0949. The molecule has 1 N–H and O–H groups in total. The number of halogens is 2. The molecule has 0 bridgehead atoms. The van der Waals surface area contributed by atoms with E-state index in [-0.39, 0.29) is 11.7 Å². The predicted octanol–water partition coefficient (Wildman–Crippen LogP) is 2.04. The zero-order valence-electron chi connectivity index (χ0n) is 11.1. The quantitative estimate of drug-likeness (QED) is 0.886. The van der Waals surface area contributed by atoms with Gasteiger partial charge in [-0.05, 0) is 18.7 Å². The second-order valence-electron chi connectivity index (χ2n) is 4.83. The van der Waals surface area contributed by atoms with Crippen LogP contribution < -0.4 is 5.32 Å². The Hall–Kier alpha value is -1.04. The summed E-state index contributed by atoms with van der Waals surface area (Å²) < 4.78 is 30.9. The Labute approximate surface area is 112 Å². The van der Waals surface area contributed by atoms with Crippen molar-refractivity contribution in [1.82, 2.24) is 10.2 Å². The molecule has 0 aromatic heterocycles. The van der Waals surface area contributed by atoms with E-state index < -0.39 is 6.43 Å². The van der Waals surface area contributed by atoms with Crippen LogP contribution in [-0.4, -0.2) is 44.3 Å². The SMILES string of the molecule is CNCC1CN(Cc2cccc(C(F)F)c2)CCO1. The van der Waals surface area contributed by atoms with Gasteiger partial charge in [-0.25, -0.2) is 8.78 Å². The van der Waals surface area contributed by atoms with E-state index in [4.69, 9.17) is 4.74 Å². The number of hydrogen-bond donors (Lipinski definition) is 1. The van der Waals surface area contributed by atoms with Crippen LogP contribution in [0.4, 0.5) is 8.78 Å². The zero-order chi connectivity index (χ0) is 13.7. The smallest absolute Gasteiger partial charge is 0.263 e. The number of alkyl halides is 2. The van der Waals surface area contributed by atoms with Gasteiger partial charge in [0, 0.05) is 31.7 Å². The Morgan fingerprint density at radius 1 is 1.47 bits per heavy atom. The van der Waals surface area contributed by atoms with E-state index >= 15 is 0 Å². The number of rotatable bonds is 5. The van der Waals surface area contributed by atoms with Crippen molar-refractivity contribution >= 4 is 0 Å². The third kappa shape index (κ3) is 4.23. The van der Waals surface area contributed by atoms with Crippen LogP contribution in [0, 0.1) is 0 Å². The lowest BCUT2D eigenvalue weighted by Gasteiger charge is -2.32. The van der Waals surface area contributed by atoms with Crippen LogP contribution >= 0.6 is 0 Å². The molecule has 1 aromatic carbocycles. The normalized spacial score (nSPS) is 20.9. The topological polar surface area (TPSA) is 24.5 Å². The molecule has 1 aliphatic heterocycles. The van der Waals surface area contributed by atoms with Crippen molar-refractivity contribution in [3.63, 3.8) is 0 Å². The van der Waals surface area contributed by atoms with Gasteiger partial charge in [0.15, 0.2) is 0 Å². The van der Waals surface area contributed by atoms with Crippen molar-refractivity contribution in [2.75, 3.05) is 33.3 Å². The Morgan fingerprint density at radius 3 is 3.05 bits per heavy atom. The number of likely N-dealkylation sites (N-methyl/N-ethyl adjacent to an activating group) is 1. The molecule has 1 atom stereocenters. The summed E-state index contributed by atoms with van der Waals surface area (Å²) in [5.41, 5.74) is 1.03. The summed E-state index contributed by atoms with van der Waals surface area (Å²) in [5.74, 6) is 0. The molecule has 0 radical (unpaired) electrons. The number of ether oxygens (including phenoxy) is 1. The maximum Gasteiger partial charge on any atom is 0.263 e. The fourth-order valence-corrected chi connectivity index (χ4v) is 2.36. The molecule has 0 spiro atoms. The molecule has 1 fully saturated rings. The average Bonchev–Trinajstić information content (AvgIpc) is 2.40. The number of nitrogens with one attached hydrogen (secondary N) is 1. The van der Waals surface area contributed by atoms with E-state index in [0.29, 0.717) is 13.2 Å². The third-order valence-corrected chi connectivity index (χ3v) is 3.26. The molecule has 1 aliphatic rings. The van der Waals surface area contributed by atoms with Gasteiger partial charge in [-0.3, -0.25) is 4.90 Å². The van der Waals surface area contributed by atoms with E-state index in [0.717, 1.165) is 25.2 Å². The lowest BCUT2D eigenvalue weighted by Crippen LogP contribution is -2.45. The lowest BCUT2D eigenvalue weighted by molar-refractivity contribution is -0.0291. The highest BCUT2D eigenvalue weighted by Gasteiger charge is 2.20. The molecular weight excluding hydrogens is 250 g/mol. The van der Waals surface area contributed by atoms with E-state index in [1.54, 1.807) is 12.1 Å². The van der Waals surface area contributed by atoms with E-state index in [1.807, 2.05) is 13.1 Å². The standard InChI is InChI=1S/C14H20F2N2O/c1-17-8-13-10-18(5-6-19-13)9-11-3-2-4-12(7-11)14(15)16/h2-4,7,13-14,17H,5-6,8-10H2,1H3. The first-order chi connectivity index (χ1) is 9.19. The first-order valence-corrected chi connectivity index (χ1v) is 6.54. The number of nitrogens with zero attached hydrogens (tertiary/aromatic N) is 1. The van der Waals surface area contributed by atoms with Crippen molar-refractivity contribution in [3.05, 3.63) is 35.4 Å². The highest BCUT2D eigenvalue weighted by atomic mass is 19.3. The van der Waals surface area contributed by atoms with Crippen molar-refractivity contribution in [2.24, 2.45) is 0 Å². The molecule has 19 heavy (non-hydrogen) atoms. The number of hydrogen-bond acceptors (Lipinski definition) is 3. The van der Waals surface area contributed by atoms with E-state index in [9.17, 15) is 8.78 Å². The van der Waals surface area contributed by atoms with Crippen molar-refractivity contribution in [3.8, 4) is 0 Å². The van der Waals surface area contributed by atoms with Crippen molar-refractivity contribution < 1.29 is 13.5 Å². The van der Waals surface area contributed by atoms with Gasteiger partial charge in [0.2, 0.25) is 0 Å². The van der Waals surface area contributed by atoms with Gasteiger partial charge in [-0.2, -0.15) is 0 Å². The molecular formula is C14H20F2N2O. The Bertz CT molecular complexity index is 399. The minimum Gasteiger partial charge on any atom is -0.374 e. The lowest BCUT2D eigenvalue weighted by atomic mass is 10.1. The average molecular weight is 270 g/mol. The van der Waals surface area contributed by atoms with Crippen LogP contribution in [0.1, 0.15) is 17.6 Å². The highest BCUT2D eigenvalue weighted by Crippen LogP contribution is 2.20. The molecule has 0 aliphatic carbocycles. The second kappa shape index (κ2) is 6.93. The minimum atomic E-state index is -2.40. The Morgan fingerprint density at radius 2 is 2.32 bits per heavy atom.